The van der Waals surface area contributed by atoms with Crippen LogP contribution in [0, 0.1) is 13.8 Å². The molecule has 0 atom stereocenters. The fourth-order valence-corrected chi connectivity index (χ4v) is 2.35. The van der Waals surface area contributed by atoms with Crippen LogP contribution in [0.15, 0.2) is 4.99 Å². The molecule has 0 amide bonds. The van der Waals surface area contributed by atoms with Gasteiger partial charge in [-0.3, -0.25) is 0 Å². The lowest BCUT2D eigenvalue weighted by atomic mass is 10.4. The fourth-order valence-electron chi connectivity index (χ4n) is 1.52. The first kappa shape index (κ1) is 16.6. The molecule has 1 aromatic rings. The van der Waals surface area contributed by atoms with Crippen molar-refractivity contribution in [2.45, 2.75) is 34.2 Å². The molecule has 0 aliphatic rings. The molecule has 1 aromatic heterocycles. The Morgan fingerprint density at radius 2 is 1.94 bits per heavy atom. The van der Waals surface area contributed by atoms with Crippen LogP contribution in [0.3, 0.4) is 0 Å². The van der Waals surface area contributed by atoms with Gasteiger partial charge in [0.05, 0.1) is 17.2 Å². The second-order valence-corrected chi connectivity index (χ2v) is 4.99. The molecule has 0 saturated carbocycles. The van der Waals surface area contributed by atoms with E-state index in [0.29, 0.717) is 12.5 Å². The highest BCUT2D eigenvalue weighted by atomic mass is 127. The monoisotopic (exact) mass is 368 g/mol. The number of thiazole rings is 1. The summed E-state index contributed by atoms with van der Waals surface area (Å²) in [4.78, 5) is 12.1. The van der Waals surface area contributed by atoms with Crippen LogP contribution in [0.25, 0.3) is 0 Å². The van der Waals surface area contributed by atoms with Crippen molar-refractivity contribution in [2.24, 2.45) is 10.7 Å². The van der Waals surface area contributed by atoms with Gasteiger partial charge in [0.15, 0.2) is 5.96 Å². The molecule has 17 heavy (non-hydrogen) atoms. The number of halogens is 1. The zero-order valence-corrected chi connectivity index (χ0v) is 14.0. The Bertz CT molecular complexity index is 372. The molecule has 0 saturated heterocycles. The third-order valence-corrected chi connectivity index (χ3v) is 3.41. The van der Waals surface area contributed by atoms with Crippen LogP contribution < -0.4 is 5.73 Å². The molecule has 6 heteroatoms. The summed E-state index contributed by atoms with van der Waals surface area (Å²) >= 11 is 1.71. The van der Waals surface area contributed by atoms with Gasteiger partial charge in [0.2, 0.25) is 0 Å². The van der Waals surface area contributed by atoms with E-state index in [1.165, 1.54) is 4.88 Å². The van der Waals surface area contributed by atoms with Crippen LogP contribution in [-0.4, -0.2) is 28.9 Å². The van der Waals surface area contributed by atoms with Gasteiger partial charge in [0.25, 0.3) is 0 Å². The van der Waals surface area contributed by atoms with Crippen LogP contribution in [0.5, 0.6) is 0 Å². The molecule has 1 rings (SSSR count). The highest BCUT2D eigenvalue weighted by molar-refractivity contribution is 14.0. The van der Waals surface area contributed by atoms with E-state index in [2.05, 4.69) is 30.7 Å². The number of guanidine groups is 1. The number of hydrogen-bond donors (Lipinski definition) is 1. The maximum absolute atomic E-state index is 5.90. The van der Waals surface area contributed by atoms with Crippen molar-refractivity contribution in [1.82, 2.24) is 9.88 Å². The summed E-state index contributed by atoms with van der Waals surface area (Å²) in [5, 5.41) is 1.09. The molecule has 0 spiro atoms. The topological polar surface area (TPSA) is 54.5 Å². The van der Waals surface area contributed by atoms with Crippen molar-refractivity contribution >= 4 is 41.3 Å². The molecule has 0 fully saturated rings. The number of hydrogen-bond acceptors (Lipinski definition) is 3. The quantitative estimate of drug-likeness (QED) is 0.505. The molecular weight excluding hydrogens is 347 g/mol. The van der Waals surface area contributed by atoms with Crippen molar-refractivity contribution in [3.8, 4) is 0 Å². The lowest BCUT2D eigenvalue weighted by Crippen LogP contribution is -2.37. The number of aryl methyl sites for hydroxylation is 2. The predicted molar refractivity (Wildman–Crippen MR) is 85.3 cm³/mol. The molecule has 0 aliphatic carbocycles. The Morgan fingerprint density at radius 3 is 2.35 bits per heavy atom. The third-order valence-electron chi connectivity index (χ3n) is 2.48. The van der Waals surface area contributed by atoms with Crippen molar-refractivity contribution < 1.29 is 0 Å². The zero-order chi connectivity index (χ0) is 12.1. The van der Waals surface area contributed by atoms with Gasteiger partial charge in [0.1, 0.15) is 0 Å². The Kier molecular flexibility index (Phi) is 7.69. The summed E-state index contributed by atoms with van der Waals surface area (Å²) in [6.45, 7) is 10.6. The fraction of sp³-hybridized carbons (Fsp3) is 0.636. The minimum Gasteiger partial charge on any atom is -0.370 e. The summed E-state index contributed by atoms with van der Waals surface area (Å²) in [6.07, 6.45) is 0. The van der Waals surface area contributed by atoms with E-state index in [1.54, 1.807) is 11.3 Å². The van der Waals surface area contributed by atoms with Gasteiger partial charge in [-0.25, -0.2) is 9.98 Å². The van der Waals surface area contributed by atoms with E-state index < -0.39 is 0 Å². The maximum atomic E-state index is 5.90. The maximum Gasteiger partial charge on any atom is 0.191 e. The van der Waals surface area contributed by atoms with Crippen LogP contribution >= 0.6 is 35.3 Å². The van der Waals surface area contributed by atoms with Crippen molar-refractivity contribution in [1.29, 1.82) is 0 Å². The average Bonchev–Trinajstić information content (AvgIpc) is 2.56. The number of nitrogens with zero attached hydrogens (tertiary/aromatic N) is 3. The van der Waals surface area contributed by atoms with Gasteiger partial charge < -0.3 is 10.6 Å². The summed E-state index contributed by atoms with van der Waals surface area (Å²) in [7, 11) is 0. The summed E-state index contributed by atoms with van der Waals surface area (Å²) in [5.41, 5.74) is 6.93. The van der Waals surface area contributed by atoms with Gasteiger partial charge in [-0.2, -0.15) is 0 Å². The number of aliphatic imine (C=N–C) groups is 1. The van der Waals surface area contributed by atoms with E-state index >= 15 is 0 Å². The first-order valence-electron chi connectivity index (χ1n) is 5.56. The minimum absolute atomic E-state index is 0. The zero-order valence-electron chi connectivity index (χ0n) is 10.9. The molecular formula is C11H21IN4S. The van der Waals surface area contributed by atoms with Gasteiger partial charge in [-0.15, -0.1) is 35.3 Å². The second-order valence-electron chi connectivity index (χ2n) is 3.58. The molecule has 0 radical (unpaired) electrons. The van der Waals surface area contributed by atoms with Crippen LogP contribution in [0.4, 0.5) is 0 Å². The number of rotatable bonds is 4. The summed E-state index contributed by atoms with van der Waals surface area (Å²) in [6, 6.07) is 0. The highest BCUT2D eigenvalue weighted by Crippen LogP contribution is 2.16. The first-order chi connectivity index (χ1) is 7.58. The molecule has 0 aliphatic heterocycles. The lowest BCUT2D eigenvalue weighted by molar-refractivity contribution is 0.458. The van der Waals surface area contributed by atoms with E-state index in [9.17, 15) is 0 Å². The standard InChI is InChI=1S/C11H20N4S.HI/c1-5-15(6-2)11(12)13-7-10-8(3)16-9(4)14-10;/h5-7H2,1-4H3,(H2,12,13);1H. The Balaban J connectivity index is 0.00000256. The Morgan fingerprint density at radius 1 is 1.35 bits per heavy atom. The third kappa shape index (κ3) is 4.79. The van der Waals surface area contributed by atoms with Crippen molar-refractivity contribution in [3.05, 3.63) is 15.6 Å². The van der Waals surface area contributed by atoms with E-state index in [-0.39, 0.29) is 24.0 Å². The largest absolute Gasteiger partial charge is 0.370 e. The highest BCUT2D eigenvalue weighted by Gasteiger charge is 2.05. The van der Waals surface area contributed by atoms with Crippen LogP contribution in [-0.2, 0) is 6.54 Å². The first-order valence-corrected chi connectivity index (χ1v) is 6.37. The molecule has 4 nitrogen and oxygen atoms in total. The smallest absolute Gasteiger partial charge is 0.191 e. The van der Waals surface area contributed by atoms with Gasteiger partial charge in [-0.05, 0) is 27.7 Å². The van der Waals surface area contributed by atoms with Crippen molar-refractivity contribution in [3.63, 3.8) is 0 Å². The van der Waals surface area contributed by atoms with Gasteiger partial charge in [0, 0.05) is 18.0 Å². The van der Waals surface area contributed by atoms with E-state index in [4.69, 9.17) is 5.73 Å². The molecule has 1 heterocycles. The van der Waals surface area contributed by atoms with Crippen molar-refractivity contribution in [2.75, 3.05) is 13.1 Å². The number of aromatic nitrogens is 1. The van der Waals surface area contributed by atoms with E-state index in [0.717, 1.165) is 23.8 Å². The molecule has 0 unspecified atom stereocenters. The molecule has 98 valence electrons. The van der Waals surface area contributed by atoms with E-state index in [1.807, 2.05) is 11.8 Å². The Hall–Kier alpha value is -0.370. The van der Waals surface area contributed by atoms with Crippen LogP contribution in [0.1, 0.15) is 29.4 Å². The SMILES string of the molecule is CCN(CC)C(N)=NCc1nc(C)sc1C.I. The molecule has 0 aromatic carbocycles. The van der Waals surface area contributed by atoms with Crippen LogP contribution in [0.2, 0.25) is 0 Å². The second kappa shape index (κ2) is 7.86. The van der Waals surface area contributed by atoms with Gasteiger partial charge in [-0.1, -0.05) is 0 Å². The lowest BCUT2D eigenvalue weighted by Gasteiger charge is -2.19. The summed E-state index contributed by atoms with van der Waals surface area (Å²) in [5.74, 6) is 0.607. The van der Waals surface area contributed by atoms with Gasteiger partial charge >= 0.3 is 0 Å². The molecule has 0 bridgehead atoms. The number of nitrogens with two attached hydrogens (primary N) is 1. The molecule has 2 N–H and O–H groups in total. The predicted octanol–water partition coefficient (Wildman–Crippen LogP) is 2.53. The summed E-state index contributed by atoms with van der Waals surface area (Å²) < 4.78 is 0. The average molecular weight is 368 g/mol. The minimum atomic E-state index is 0. The normalized spacial score (nSPS) is 11.2. The Labute approximate surface area is 124 Å².